The zero-order valence-electron chi connectivity index (χ0n) is 10.3. The summed E-state index contributed by atoms with van der Waals surface area (Å²) in [5, 5.41) is 3.26. The molecule has 0 bridgehead atoms. The van der Waals surface area contributed by atoms with Gasteiger partial charge in [0.2, 0.25) is 0 Å². The smallest absolute Gasteiger partial charge is 0.325 e. The van der Waals surface area contributed by atoms with E-state index < -0.39 is 5.97 Å². The van der Waals surface area contributed by atoms with Gasteiger partial charge in [0.25, 0.3) is 0 Å². The number of methoxy groups -OCH3 is 1. The van der Waals surface area contributed by atoms with Crippen LogP contribution in [0.15, 0.2) is 24.3 Å². The number of nitrogens with one attached hydrogen (secondary N) is 1. The first kappa shape index (κ1) is 14.3. The summed E-state index contributed by atoms with van der Waals surface area (Å²) in [5.41, 5.74) is 0.618. The number of carbonyl (C=O) groups is 2. The third kappa shape index (κ3) is 4.25. The predicted molar refractivity (Wildman–Crippen MR) is 69.7 cm³/mol. The number of anilines is 1. The number of rotatable bonds is 4. The van der Waals surface area contributed by atoms with Crippen LogP contribution in [0.25, 0.3) is 0 Å². The number of esters is 1. The normalized spacial score (nSPS) is 9.72. The minimum Gasteiger partial charge on any atom is -0.468 e. The van der Waals surface area contributed by atoms with Crippen LogP contribution in [0, 0.1) is 0 Å². The van der Waals surface area contributed by atoms with Gasteiger partial charge in [0.05, 0.1) is 7.11 Å². The van der Waals surface area contributed by atoms with E-state index in [1.165, 1.54) is 12.0 Å². The minimum atomic E-state index is -0.455. The molecule has 0 fully saturated rings. The molecule has 0 radical (unpaired) electrons. The van der Waals surface area contributed by atoms with Crippen molar-refractivity contribution >= 4 is 29.3 Å². The van der Waals surface area contributed by atoms with Gasteiger partial charge in [0, 0.05) is 17.3 Å². The topological polar surface area (TPSA) is 58.6 Å². The van der Waals surface area contributed by atoms with Gasteiger partial charge in [0.1, 0.15) is 6.54 Å². The van der Waals surface area contributed by atoms with Crippen molar-refractivity contribution in [3.63, 3.8) is 0 Å². The third-order valence-electron chi connectivity index (χ3n) is 2.31. The Kier molecular flexibility index (Phi) is 5.45. The molecule has 0 saturated carbocycles. The summed E-state index contributed by atoms with van der Waals surface area (Å²) >= 11 is 5.74. The number of hydrogen-bond donors (Lipinski definition) is 1. The molecule has 6 heteroatoms. The molecule has 0 unspecified atom stereocenters. The summed E-state index contributed by atoms with van der Waals surface area (Å²) in [6.45, 7) is 2.12. The van der Waals surface area contributed by atoms with Crippen LogP contribution in [0.2, 0.25) is 5.02 Å². The molecule has 0 heterocycles. The van der Waals surface area contributed by atoms with E-state index in [-0.39, 0.29) is 12.6 Å². The van der Waals surface area contributed by atoms with Crippen molar-refractivity contribution in [2.75, 3.05) is 25.5 Å². The van der Waals surface area contributed by atoms with Crippen LogP contribution in [0.1, 0.15) is 6.92 Å². The van der Waals surface area contributed by atoms with Crippen molar-refractivity contribution in [3.8, 4) is 0 Å². The summed E-state index contributed by atoms with van der Waals surface area (Å²) < 4.78 is 4.52. The molecule has 0 aliphatic carbocycles. The molecule has 1 aromatic carbocycles. The fourth-order valence-corrected chi connectivity index (χ4v) is 1.41. The molecule has 98 valence electrons. The van der Waals surface area contributed by atoms with E-state index in [2.05, 4.69) is 10.1 Å². The lowest BCUT2D eigenvalue weighted by molar-refractivity contribution is -0.141. The van der Waals surface area contributed by atoms with E-state index in [0.717, 1.165) is 0 Å². The minimum absolute atomic E-state index is 0.0770. The maximum Gasteiger partial charge on any atom is 0.325 e. The van der Waals surface area contributed by atoms with Crippen molar-refractivity contribution in [2.24, 2.45) is 0 Å². The van der Waals surface area contributed by atoms with Gasteiger partial charge in [0.15, 0.2) is 0 Å². The zero-order chi connectivity index (χ0) is 13.5. The van der Waals surface area contributed by atoms with Crippen LogP contribution in [-0.4, -0.2) is 37.1 Å². The van der Waals surface area contributed by atoms with E-state index in [1.54, 1.807) is 31.2 Å². The highest BCUT2D eigenvalue weighted by molar-refractivity contribution is 6.30. The Balaban J connectivity index is 2.62. The molecule has 0 aromatic heterocycles. The molecule has 0 aliphatic heterocycles. The van der Waals surface area contributed by atoms with Gasteiger partial charge >= 0.3 is 12.0 Å². The van der Waals surface area contributed by atoms with Gasteiger partial charge in [-0.05, 0) is 31.2 Å². The highest BCUT2D eigenvalue weighted by Gasteiger charge is 2.15. The van der Waals surface area contributed by atoms with Gasteiger partial charge in [-0.15, -0.1) is 0 Å². The largest absolute Gasteiger partial charge is 0.468 e. The number of nitrogens with zero attached hydrogens (tertiary/aromatic N) is 1. The summed E-state index contributed by atoms with van der Waals surface area (Å²) in [6, 6.07) is 6.37. The lowest BCUT2D eigenvalue weighted by Gasteiger charge is -2.19. The van der Waals surface area contributed by atoms with Gasteiger partial charge < -0.3 is 15.0 Å². The number of urea groups is 1. The lowest BCUT2D eigenvalue weighted by atomic mass is 10.3. The highest BCUT2D eigenvalue weighted by Crippen LogP contribution is 2.13. The molecule has 1 N–H and O–H groups in total. The number of benzene rings is 1. The maximum atomic E-state index is 11.9. The average molecular weight is 271 g/mol. The summed E-state index contributed by atoms with van der Waals surface area (Å²) in [5.74, 6) is -0.455. The van der Waals surface area contributed by atoms with Crippen LogP contribution >= 0.6 is 11.6 Å². The molecule has 0 spiro atoms. The standard InChI is InChI=1S/C12H15ClN2O3/c1-3-15(8-11(16)18-2)12(17)14-10-6-4-9(13)5-7-10/h4-7H,3,8H2,1-2H3,(H,14,17). The SMILES string of the molecule is CCN(CC(=O)OC)C(=O)Nc1ccc(Cl)cc1. The lowest BCUT2D eigenvalue weighted by Crippen LogP contribution is -2.38. The first-order valence-electron chi connectivity index (χ1n) is 5.45. The van der Waals surface area contributed by atoms with Crippen molar-refractivity contribution in [2.45, 2.75) is 6.92 Å². The molecule has 1 rings (SSSR count). The van der Waals surface area contributed by atoms with Crippen molar-refractivity contribution in [1.82, 2.24) is 4.90 Å². The zero-order valence-corrected chi connectivity index (χ0v) is 11.0. The van der Waals surface area contributed by atoms with Crippen LogP contribution in [0.4, 0.5) is 10.5 Å². The van der Waals surface area contributed by atoms with Crippen LogP contribution in [0.5, 0.6) is 0 Å². The predicted octanol–water partition coefficient (Wildman–Crippen LogP) is 2.37. The summed E-state index contributed by atoms with van der Waals surface area (Å²) in [6.07, 6.45) is 0. The Bertz CT molecular complexity index is 420. The van der Waals surface area contributed by atoms with Crippen molar-refractivity contribution in [3.05, 3.63) is 29.3 Å². The molecule has 0 saturated heterocycles. The number of halogens is 1. The quantitative estimate of drug-likeness (QED) is 0.855. The molecular weight excluding hydrogens is 256 g/mol. The van der Waals surface area contributed by atoms with E-state index in [1.807, 2.05) is 0 Å². The Morgan fingerprint density at radius 3 is 2.44 bits per heavy atom. The van der Waals surface area contributed by atoms with Crippen molar-refractivity contribution < 1.29 is 14.3 Å². The van der Waals surface area contributed by atoms with E-state index in [4.69, 9.17) is 11.6 Å². The third-order valence-corrected chi connectivity index (χ3v) is 2.56. The van der Waals surface area contributed by atoms with Gasteiger partial charge in [-0.3, -0.25) is 4.79 Å². The molecule has 18 heavy (non-hydrogen) atoms. The molecule has 5 nitrogen and oxygen atoms in total. The highest BCUT2D eigenvalue weighted by atomic mass is 35.5. The first-order valence-corrected chi connectivity index (χ1v) is 5.83. The molecule has 1 aromatic rings. The van der Waals surface area contributed by atoms with E-state index in [9.17, 15) is 9.59 Å². The molecule has 2 amide bonds. The van der Waals surface area contributed by atoms with Crippen LogP contribution in [0.3, 0.4) is 0 Å². The molecule has 0 atom stereocenters. The first-order chi connectivity index (χ1) is 8.56. The monoisotopic (exact) mass is 270 g/mol. The number of ether oxygens (including phenoxy) is 1. The Labute approximate surface area is 111 Å². The van der Waals surface area contributed by atoms with Gasteiger partial charge in [-0.25, -0.2) is 4.79 Å². The van der Waals surface area contributed by atoms with Crippen LogP contribution < -0.4 is 5.32 Å². The molecule has 0 aliphatic rings. The second-order valence-electron chi connectivity index (χ2n) is 3.53. The summed E-state index contributed by atoms with van der Waals surface area (Å²) in [7, 11) is 1.28. The van der Waals surface area contributed by atoms with Gasteiger partial charge in [-0.1, -0.05) is 11.6 Å². The van der Waals surface area contributed by atoms with Gasteiger partial charge in [-0.2, -0.15) is 0 Å². The Morgan fingerprint density at radius 1 is 1.33 bits per heavy atom. The van der Waals surface area contributed by atoms with Crippen molar-refractivity contribution in [1.29, 1.82) is 0 Å². The second-order valence-corrected chi connectivity index (χ2v) is 3.96. The molecular formula is C12H15ClN2O3. The van der Waals surface area contributed by atoms with Crippen LogP contribution in [-0.2, 0) is 9.53 Å². The van der Waals surface area contributed by atoms with E-state index >= 15 is 0 Å². The van der Waals surface area contributed by atoms with E-state index in [0.29, 0.717) is 17.3 Å². The average Bonchev–Trinajstić information content (AvgIpc) is 2.38. The Morgan fingerprint density at radius 2 is 1.94 bits per heavy atom. The maximum absolute atomic E-state index is 11.9. The fraction of sp³-hybridized carbons (Fsp3) is 0.333. The number of likely N-dealkylation sites (N-methyl/N-ethyl adjacent to an activating group) is 1. The fourth-order valence-electron chi connectivity index (χ4n) is 1.28. The number of amides is 2. The second kappa shape index (κ2) is 6.86. The number of carbonyl (C=O) groups excluding carboxylic acids is 2. The summed E-state index contributed by atoms with van der Waals surface area (Å²) in [4.78, 5) is 24.3. The number of hydrogen-bond acceptors (Lipinski definition) is 3. The Hall–Kier alpha value is -1.75.